The van der Waals surface area contributed by atoms with E-state index in [-0.39, 0.29) is 5.82 Å². The number of fused-ring (bicyclic) bond motifs is 1. The number of aliphatic hydroxyl groups excluding tert-OH is 1. The molecule has 12 heavy (non-hydrogen) atoms. The summed E-state index contributed by atoms with van der Waals surface area (Å²) in [4.78, 5) is 0. The summed E-state index contributed by atoms with van der Waals surface area (Å²) in [5.74, 6) is 1.16. The van der Waals surface area contributed by atoms with Crippen LogP contribution in [0.4, 0.5) is 4.39 Å². The molecular weight excluding hydrogens is 175 g/mol. The van der Waals surface area contributed by atoms with Crippen molar-refractivity contribution in [1.82, 2.24) is 0 Å². The lowest BCUT2D eigenvalue weighted by atomic mass is 10.0. The fraction of sp³-hybridized carbons (Fsp3) is 0.333. The lowest BCUT2D eigenvalue weighted by Gasteiger charge is -2.20. The average Bonchev–Trinajstić information content (AvgIpc) is 2.07. The molecule has 1 aromatic carbocycles. The molecule has 1 aromatic rings. The SMILES string of the molecule is O[C@H]1CSCc2c(F)cccc21. The van der Waals surface area contributed by atoms with Gasteiger partial charge in [-0.2, -0.15) is 11.8 Å². The molecule has 1 aliphatic rings. The topological polar surface area (TPSA) is 20.2 Å². The van der Waals surface area contributed by atoms with Gasteiger partial charge in [0.1, 0.15) is 5.82 Å². The van der Waals surface area contributed by atoms with E-state index in [2.05, 4.69) is 0 Å². The predicted molar refractivity (Wildman–Crippen MR) is 47.5 cm³/mol. The standard InChI is InChI=1S/C9H9FOS/c10-8-3-1-2-6-7(8)4-12-5-9(6)11/h1-3,9,11H,4-5H2/t9-/m0/s1. The Labute approximate surface area is 74.6 Å². The molecule has 1 atom stereocenters. The van der Waals surface area contributed by atoms with Crippen LogP contribution in [0.25, 0.3) is 0 Å². The van der Waals surface area contributed by atoms with Gasteiger partial charge in [0.25, 0.3) is 0 Å². The maximum Gasteiger partial charge on any atom is 0.127 e. The number of thioether (sulfide) groups is 1. The van der Waals surface area contributed by atoms with Crippen molar-refractivity contribution in [2.75, 3.05) is 5.75 Å². The van der Waals surface area contributed by atoms with Gasteiger partial charge in [0.2, 0.25) is 0 Å². The van der Waals surface area contributed by atoms with Gasteiger partial charge < -0.3 is 5.11 Å². The molecule has 0 saturated heterocycles. The van der Waals surface area contributed by atoms with Crippen molar-refractivity contribution in [1.29, 1.82) is 0 Å². The van der Waals surface area contributed by atoms with Crippen molar-refractivity contribution in [2.24, 2.45) is 0 Å². The Hall–Kier alpha value is -0.540. The first-order valence-electron chi connectivity index (χ1n) is 3.82. The van der Waals surface area contributed by atoms with Crippen molar-refractivity contribution in [3.05, 3.63) is 35.1 Å². The summed E-state index contributed by atoms with van der Waals surface area (Å²) < 4.78 is 13.1. The summed E-state index contributed by atoms with van der Waals surface area (Å²) in [6, 6.07) is 4.88. The quantitative estimate of drug-likeness (QED) is 0.666. The molecule has 0 radical (unpaired) electrons. The Morgan fingerprint density at radius 1 is 1.50 bits per heavy atom. The number of aliphatic hydroxyl groups is 1. The third kappa shape index (κ3) is 1.23. The van der Waals surface area contributed by atoms with E-state index in [4.69, 9.17) is 0 Å². The van der Waals surface area contributed by atoms with E-state index < -0.39 is 6.10 Å². The van der Waals surface area contributed by atoms with Crippen molar-refractivity contribution in [3.8, 4) is 0 Å². The Kier molecular flexibility index (Phi) is 2.07. The molecule has 0 aromatic heterocycles. The lowest BCUT2D eigenvalue weighted by molar-refractivity contribution is 0.201. The van der Waals surface area contributed by atoms with Crippen LogP contribution in [0.2, 0.25) is 0 Å². The number of rotatable bonds is 0. The van der Waals surface area contributed by atoms with Crippen LogP contribution in [0, 0.1) is 5.82 Å². The van der Waals surface area contributed by atoms with Gasteiger partial charge in [0, 0.05) is 17.1 Å². The first-order valence-corrected chi connectivity index (χ1v) is 4.97. The Morgan fingerprint density at radius 3 is 3.08 bits per heavy atom. The molecule has 1 N–H and O–H groups in total. The van der Waals surface area contributed by atoms with Crippen LogP contribution in [-0.2, 0) is 5.75 Å². The summed E-state index contributed by atoms with van der Waals surface area (Å²) >= 11 is 1.57. The van der Waals surface area contributed by atoms with E-state index in [0.717, 1.165) is 5.56 Å². The molecule has 3 heteroatoms. The molecule has 0 spiro atoms. The molecule has 64 valence electrons. The van der Waals surface area contributed by atoms with Crippen LogP contribution >= 0.6 is 11.8 Å². The summed E-state index contributed by atoms with van der Waals surface area (Å²) in [7, 11) is 0. The molecular formula is C9H9FOS. The van der Waals surface area contributed by atoms with Gasteiger partial charge in [-0.25, -0.2) is 4.39 Å². The van der Waals surface area contributed by atoms with E-state index >= 15 is 0 Å². The maximum absolute atomic E-state index is 13.1. The Morgan fingerprint density at radius 2 is 2.33 bits per heavy atom. The molecule has 0 aliphatic carbocycles. The highest BCUT2D eigenvalue weighted by molar-refractivity contribution is 7.98. The first-order chi connectivity index (χ1) is 5.79. The fourth-order valence-electron chi connectivity index (χ4n) is 1.40. The highest BCUT2D eigenvalue weighted by Gasteiger charge is 2.20. The van der Waals surface area contributed by atoms with E-state index in [1.807, 2.05) is 0 Å². The summed E-state index contributed by atoms with van der Waals surface area (Å²) in [5.41, 5.74) is 1.43. The summed E-state index contributed by atoms with van der Waals surface area (Å²) in [6.07, 6.45) is -0.491. The van der Waals surface area contributed by atoms with Gasteiger partial charge in [0.05, 0.1) is 6.10 Å². The second-order valence-electron chi connectivity index (χ2n) is 2.84. The van der Waals surface area contributed by atoms with E-state index in [1.54, 1.807) is 23.9 Å². The molecule has 0 bridgehead atoms. The minimum Gasteiger partial charge on any atom is -0.388 e. The van der Waals surface area contributed by atoms with Crippen molar-refractivity contribution < 1.29 is 9.50 Å². The van der Waals surface area contributed by atoms with Gasteiger partial charge in [0.15, 0.2) is 0 Å². The van der Waals surface area contributed by atoms with Crippen molar-refractivity contribution >= 4 is 11.8 Å². The molecule has 0 saturated carbocycles. The zero-order valence-electron chi connectivity index (χ0n) is 6.46. The Balaban J connectivity index is 2.52. The average molecular weight is 184 g/mol. The Bertz CT molecular complexity index is 301. The second kappa shape index (κ2) is 3.07. The summed E-state index contributed by atoms with van der Waals surface area (Å²) in [5, 5.41) is 9.50. The van der Waals surface area contributed by atoms with Crippen molar-refractivity contribution in [3.63, 3.8) is 0 Å². The third-order valence-electron chi connectivity index (χ3n) is 2.04. The van der Waals surface area contributed by atoms with Crippen LogP contribution in [0.3, 0.4) is 0 Å². The normalized spacial score (nSPS) is 22.0. The fourth-order valence-corrected chi connectivity index (χ4v) is 2.43. The largest absolute Gasteiger partial charge is 0.388 e. The van der Waals surface area contributed by atoms with Crippen LogP contribution < -0.4 is 0 Å². The third-order valence-corrected chi connectivity index (χ3v) is 3.08. The van der Waals surface area contributed by atoms with Gasteiger partial charge >= 0.3 is 0 Å². The minimum atomic E-state index is -0.491. The number of hydrogen-bond acceptors (Lipinski definition) is 2. The van der Waals surface area contributed by atoms with Crippen molar-refractivity contribution in [2.45, 2.75) is 11.9 Å². The zero-order valence-corrected chi connectivity index (χ0v) is 7.27. The van der Waals surface area contributed by atoms with Gasteiger partial charge in [-0.1, -0.05) is 12.1 Å². The monoisotopic (exact) mass is 184 g/mol. The summed E-state index contributed by atoms with van der Waals surface area (Å²) in [6.45, 7) is 0. The number of hydrogen-bond donors (Lipinski definition) is 1. The van der Waals surface area contributed by atoms with Gasteiger partial charge in [-0.05, 0) is 11.6 Å². The highest BCUT2D eigenvalue weighted by Crippen LogP contribution is 2.32. The molecule has 2 rings (SSSR count). The second-order valence-corrected chi connectivity index (χ2v) is 3.87. The maximum atomic E-state index is 13.1. The number of benzene rings is 1. The van der Waals surface area contributed by atoms with E-state index in [1.165, 1.54) is 6.07 Å². The van der Waals surface area contributed by atoms with E-state index in [0.29, 0.717) is 17.1 Å². The number of halogens is 1. The molecule has 1 heterocycles. The first kappa shape index (κ1) is 8.08. The molecule has 0 amide bonds. The van der Waals surface area contributed by atoms with E-state index in [9.17, 15) is 9.50 Å². The predicted octanol–water partition coefficient (Wildman–Crippen LogP) is 2.11. The minimum absolute atomic E-state index is 0.196. The molecule has 1 nitrogen and oxygen atoms in total. The van der Waals surface area contributed by atoms with Gasteiger partial charge in [-0.15, -0.1) is 0 Å². The van der Waals surface area contributed by atoms with Crippen LogP contribution in [0.5, 0.6) is 0 Å². The smallest absolute Gasteiger partial charge is 0.127 e. The van der Waals surface area contributed by atoms with Crippen LogP contribution in [0.15, 0.2) is 18.2 Å². The molecule has 1 aliphatic heterocycles. The van der Waals surface area contributed by atoms with Crippen LogP contribution in [-0.4, -0.2) is 10.9 Å². The molecule has 0 unspecified atom stereocenters. The van der Waals surface area contributed by atoms with Crippen LogP contribution in [0.1, 0.15) is 17.2 Å². The highest BCUT2D eigenvalue weighted by atomic mass is 32.2. The van der Waals surface area contributed by atoms with Gasteiger partial charge in [-0.3, -0.25) is 0 Å². The zero-order chi connectivity index (χ0) is 8.55. The molecule has 0 fully saturated rings. The lowest BCUT2D eigenvalue weighted by Crippen LogP contribution is -2.11.